The molecule has 0 bridgehead atoms. The molecule has 2 heterocycles. The highest BCUT2D eigenvalue weighted by Crippen LogP contribution is 2.27. The number of nitrogens with one attached hydrogen (secondary N) is 1. The number of amides is 1. The molecule has 0 saturated carbocycles. The maximum atomic E-state index is 12.0. The number of carbonyl (C=O) groups excluding carboxylic acids is 1. The fraction of sp³-hybridized carbons (Fsp3) is 0.471. The van der Waals surface area contributed by atoms with Gasteiger partial charge in [-0.05, 0) is 49.6 Å². The van der Waals surface area contributed by atoms with Crippen LogP contribution in [0.25, 0.3) is 6.08 Å². The van der Waals surface area contributed by atoms with Crippen LogP contribution in [-0.4, -0.2) is 43.1 Å². The lowest BCUT2D eigenvalue weighted by atomic mass is 10.1. The van der Waals surface area contributed by atoms with Crippen LogP contribution in [0.15, 0.2) is 30.3 Å². The van der Waals surface area contributed by atoms with E-state index in [9.17, 15) is 4.79 Å². The van der Waals surface area contributed by atoms with Crippen LogP contribution in [0.5, 0.6) is 5.75 Å². The van der Waals surface area contributed by atoms with E-state index in [4.69, 9.17) is 4.74 Å². The maximum absolute atomic E-state index is 12.0. The van der Waals surface area contributed by atoms with E-state index in [1.807, 2.05) is 30.3 Å². The number of fused-ring (bicyclic) bond motifs is 1. The molecule has 0 spiro atoms. The summed E-state index contributed by atoms with van der Waals surface area (Å²) < 4.78 is 5.12. The molecule has 3 rings (SSSR count). The Kier molecular flexibility index (Phi) is 4.25. The van der Waals surface area contributed by atoms with Crippen LogP contribution in [0.4, 0.5) is 0 Å². The second kappa shape index (κ2) is 6.31. The van der Waals surface area contributed by atoms with Crippen LogP contribution >= 0.6 is 0 Å². The molecule has 1 N–H and O–H groups in total. The van der Waals surface area contributed by atoms with E-state index in [1.54, 1.807) is 13.2 Å². The van der Waals surface area contributed by atoms with Crippen molar-refractivity contribution in [1.82, 2.24) is 10.2 Å². The molecule has 1 aromatic carbocycles. The average molecular weight is 286 g/mol. The van der Waals surface area contributed by atoms with Gasteiger partial charge in [0, 0.05) is 24.7 Å². The molecule has 21 heavy (non-hydrogen) atoms. The molecule has 1 aromatic rings. The number of hydrogen-bond acceptors (Lipinski definition) is 3. The molecule has 4 nitrogen and oxygen atoms in total. The lowest BCUT2D eigenvalue weighted by Crippen LogP contribution is -2.41. The number of benzene rings is 1. The van der Waals surface area contributed by atoms with Crippen molar-refractivity contribution >= 4 is 12.0 Å². The van der Waals surface area contributed by atoms with Gasteiger partial charge in [-0.1, -0.05) is 12.1 Å². The van der Waals surface area contributed by atoms with Crippen molar-refractivity contribution < 1.29 is 9.53 Å². The quantitative estimate of drug-likeness (QED) is 0.862. The zero-order chi connectivity index (χ0) is 14.7. The number of nitrogens with zero attached hydrogens (tertiary/aromatic N) is 1. The van der Waals surface area contributed by atoms with Gasteiger partial charge in [0.1, 0.15) is 5.75 Å². The minimum atomic E-state index is 0.00423. The highest BCUT2D eigenvalue weighted by molar-refractivity contribution is 5.92. The van der Waals surface area contributed by atoms with Crippen molar-refractivity contribution in [3.8, 4) is 5.75 Å². The molecule has 2 aliphatic rings. The predicted octanol–water partition coefficient (Wildman–Crippen LogP) is 2.06. The molecule has 4 heteroatoms. The standard InChI is InChI=1S/C17H22N2O2/c1-21-14-7-4-13(5-8-14)6-9-17(20)18-15-10-12-19-11-2-3-16(15)19/h4-9,15-16H,2-3,10-12H2,1H3,(H,18,20)/b9-6+/t15-,16+/m1/s1. The van der Waals surface area contributed by atoms with Crippen LogP contribution in [0.3, 0.4) is 0 Å². The molecule has 0 aromatic heterocycles. The molecule has 2 atom stereocenters. The third-order valence-electron chi connectivity index (χ3n) is 4.48. The molecule has 0 radical (unpaired) electrons. The SMILES string of the molecule is COc1ccc(/C=C/C(=O)N[C@@H]2CCN3CCC[C@@H]23)cc1. The molecule has 0 aliphatic carbocycles. The number of hydrogen-bond donors (Lipinski definition) is 1. The minimum absolute atomic E-state index is 0.00423. The van der Waals surface area contributed by atoms with E-state index in [2.05, 4.69) is 10.2 Å². The van der Waals surface area contributed by atoms with E-state index in [0.717, 1.165) is 24.3 Å². The summed E-state index contributed by atoms with van der Waals surface area (Å²) >= 11 is 0. The normalized spacial score (nSPS) is 25.2. The van der Waals surface area contributed by atoms with Crippen molar-refractivity contribution in [2.75, 3.05) is 20.2 Å². The summed E-state index contributed by atoms with van der Waals surface area (Å²) in [6.07, 6.45) is 7.02. The van der Waals surface area contributed by atoms with Gasteiger partial charge in [0.2, 0.25) is 5.91 Å². The van der Waals surface area contributed by atoms with E-state index in [1.165, 1.54) is 19.4 Å². The summed E-state index contributed by atoms with van der Waals surface area (Å²) in [6, 6.07) is 8.55. The highest BCUT2D eigenvalue weighted by Gasteiger charge is 2.37. The Morgan fingerprint density at radius 2 is 2.10 bits per heavy atom. The van der Waals surface area contributed by atoms with Gasteiger partial charge in [-0.15, -0.1) is 0 Å². The predicted molar refractivity (Wildman–Crippen MR) is 83.2 cm³/mol. The maximum Gasteiger partial charge on any atom is 0.244 e. The summed E-state index contributed by atoms with van der Waals surface area (Å²) in [5, 5.41) is 3.15. The highest BCUT2D eigenvalue weighted by atomic mass is 16.5. The summed E-state index contributed by atoms with van der Waals surface area (Å²) in [6.45, 7) is 2.32. The van der Waals surface area contributed by atoms with Crippen LogP contribution in [0, 0.1) is 0 Å². The van der Waals surface area contributed by atoms with Gasteiger partial charge >= 0.3 is 0 Å². The van der Waals surface area contributed by atoms with Crippen molar-refractivity contribution in [2.45, 2.75) is 31.3 Å². The second-order valence-electron chi connectivity index (χ2n) is 5.76. The summed E-state index contributed by atoms with van der Waals surface area (Å²) in [7, 11) is 1.65. The fourth-order valence-electron chi connectivity index (χ4n) is 3.37. The van der Waals surface area contributed by atoms with Crippen LogP contribution in [0.1, 0.15) is 24.8 Å². The van der Waals surface area contributed by atoms with Gasteiger partial charge in [-0.3, -0.25) is 9.69 Å². The molecule has 2 fully saturated rings. The van der Waals surface area contributed by atoms with E-state index in [-0.39, 0.29) is 5.91 Å². The first-order valence-electron chi connectivity index (χ1n) is 7.63. The van der Waals surface area contributed by atoms with Gasteiger partial charge in [0.25, 0.3) is 0 Å². The molecular formula is C17H22N2O2. The Morgan fingerprint density at radius 1 is 1.29 bits per heavy atom. The lowest BCUT2D eigenvalue weighted by molar-refractivity contribution is -0.117. The minimum Gasteiger partial charge on any atom is -0.497 e. The van der Waals surface area contributed by atoms with Gasteiger partial charge in [0.15, 0.2) is 0 Å². The molecule has 2 aliphatic heterocycles. The van der Waals surface area contributed by atoms with E-state index in [0.29, 0.717) is 12.1 Å². The Bertz CT molecular complexity index is 524. The smallest absolute Gasteiger partial charge is 0.244 e. The first kappa shape index (κ1) is 14.1. The third kappa shape index (κ3) is 3.27. The number of ether oxygens (including phenoxy) is 1. The Hall–Kier alpha value is -1.81. The largest absolute Gasteiger partial charge is 0.497 e. The first-order chi connectivity index (χ1) is 10.3. The zero-order valence-corrected chi connectivity index (χ0v) is 12.4. The lowest BCUT2D eigenvalue weighted by Gasteiger charge is -2.20. The molecule has 1 amide bonds. The van der Waals surface area contributed by atoms with Crippen molar-refractivity contribution in [2.24, 2.45) is 0 Å². The third-order valence-corrected chi connectivity index (χ3v) is 4.48. The topological polar surface area (TPSA) is 41.6 Å². The van der Waals surface area contributed by atoms with Crippen LogP contribution in [0.2, 0.25) is 0 Å². The van der Waals surface area contributed by atoms with Gasteiger partial charge in [0.05, 0.1) is 7.11 Å². The van der Waals surface area contributed by atoms with Gasteiger partial charge < -0.3 is 10.1 Å². The van der Waals surface area contributed by atoms with Crippen LogP contribution < -0.4 is 10.1 Å². The first-order valence-corrected chi connectivity index (χ1v) is 7.63. The summed E-state index contributed by atoms with van der Waals surface area (Å²) in [5.41, 5.74) is 1.000. The molecule has 2 saturated heterocycles. The van der Waals surface area contributed by atoms with Crippen molar-refractivity contribution in [3.05, 3.63) is 35.9 Å². The molecular weight excluding hydrogens is 264 g/mol. The van der Waals surface area contributed by atoms with Crippen molar-refractivity contribution in [1.29, 1.82) is 0 Å². The Balaban J connectivity index is 1.54. The van der Waals surface area contributed by atoms with Gasteiger partial charge in [-0.25, -0.2) is 0 Å². The van der Waals surface area contributed by atoms with Crippen molar-refractivity contribution in [3.63, 3.8) is 0 Å². The monoisotopic (exact) mass is 286 g/mol. The van der Waals surface area contributed by atoms with E-state index >= 15 is 0 Å². The molecule has 0 unspecified atom stereocenters. The summed E-state index contributed by atoms with van der Waals surface area (Å²) in [5.74, 6) is 0.827. The Morgan fingerprint density at radius 3 is 2.86 bits per heavy atom. The van der Waals surface area contributed by atoms with E-state index < -0.39 is 0 Å². The average Bonchev–Trinajstić information content (AvgIpc) is 3.11. The number of methoxy groups -OCH3 is 1. The summed E-state index contributed by atoms with van der Waals surface area (Å²) in [4.78, 5) is 14.5. The molecule has 112 valence electrons. The fourth-order valence-corrected chi connectivity index (χ4v) is 3.37. The number of rotatable bonds is 4. The van der Waals surface area contributed by atoms with Gasteiger partial charge in [-0.2, -0.15) is 0 Å². The van der Waals surface area contributed by atoms with Crippen LogP contribution in [-0.2, 0) is 4.79 Å². The number of carbonyl (C=O) groups is 1. The Labute approximate surface area is 125 Å². The second-order valence-corrected chi connectivity index (χ2v) is 5.76. The zero-order valence-electron chi connectivity index (χ0n) is 12.4.